The third-order valence-corrected chi connectivity index (χ3v) is 5.90. The van der Waals surface area contributed by atoms with Gasteiger partial charge in [-0.1, -0.05) is 26.7 Å². The van der Waals surface area contributed by atoms with Crippen molar-refractivity contribution in [3.8, 4) is 5.75 Å². The van der Waals surface area contributed by atoms with Gasteiger partial charge >= 0.3 is 0 Å². The summed E-state index contributed by atoms with van der Waals surface area (Å²) in [5.74, 6) is 0.867. The van der Waals surface area contributed by atoms with E-state index in [4.69, 9.17) is 9.84 Å². The Morgan fingerprint density at radius 1 is 0.967 bits per heavy atom. The number of unbranched alkanes of at least 4 members (excludes halogenated alkanes) is 3. The van der Waals surface area contributed by atoms with E-state index >= 15 is 0 Å². The van der Waals surface area contributed by atoms with E-state index in [0.717, 1.165) is 53.3 Å². The Labute approximate surface area is 185 Å². The van der Waals surface area contributed by atoms with E-state index in [1.807, 2.05) is 24.3 Å². The molecule has 0 spiro atoms. The fourth-order valence-electron chi connectivity index (χ4n) is 3.14. The average molecular weight is 430 g/mol. The minimum Gasteiger partial charge on any atom is -0.493 e. The molecule has 0 aliphatic heterocycles. The Hall–Kier alpha value is -2.11. The lowest BCUT2D eigenvalue weighted by Gasteiger charge is -2.25. The lowest BCUT2D eigenvalue weighted by atomic mass is 10.1. The number of hydrogen-bond donors (Lipinski definition) is 1. The summed E-state index contributed by atoms with van der Waals surface area (Å²) >= 11 is 1.48. The monoisotopic (exact) mass is 429 g/mol. The number of carbonyl (C=O) groups is 1. The van der Waals surface area contributed by atoms with Crippen LogP contribution in [0.1, 0.15) is 72.5 Å². The molecule has 0 atom stereocenters. The highest BCUT2D eigenvalue weighted by atomic mass is 32.1. The molecule has 30 heavy (non-hydrogen) atoms. The van der Waals surface area contributed by atoms with Crippen molar-refractivity contribution in [2.24, 2.45) is 0 Å². The molecular weight excluding hydrogens is 394 g/mol. The molecule has 1 N–H and O–H groups in total. The topological polar surface area (TPSA) is 49.8 Å². The minimum absolute atomic E-state index is 0.190. The highest BCUT2D eigenvalue weighted by Gasteiger charge is 2.10. The van der Waals surface area contributed by atoms with Crippen LogP contribution >= 0.6 is 11.3 Å². The number of aliphatic hydroxyl groups is 1. The Bertz CT molecular complexity index is 776. The van der Waals surface area contributed by atoms with Crippen molar-refractivity contribution in [2.75, 3.05) is 31.2 Å². The number of anilines is 1. The molecule has 0 radical (unpaired) electrons. The molecule has 1 aromatic carbocycles. The summed E-state index contributed by atoms with van der Waals surface area (Å²) in [6, 6.07) is 10.2. The molecule has 1 aromatic heterocycles. The zero-order valence-electron chi connectivity index (χ0n) is 18.3. The summed E-state index contributed by atoms with van der Waals surface area (Å²) in [4.78, 5) is 15.1. The predicted octanol–water partition coefficient (Wildman–Crippen LogP) is 6.29. The van der Waals surface area contributed by atoms with Crippen molar-refractivity contribution in [2.45, 2.75) is 52.4 Å². The van der Waals surface area contributed by atoms with Gasteiger partial charge in [-0.3, -0.25) is 4.79 Å². The van der Waals surface area contributed by atoms with Crippen LogP contribution in [-0.2, 0) is 0 Å². The number of aliphatic hydroxyl groups excluding tert-OH is 1. The van der Waals surface area contributed by atoms with Crippen LogP contribution in [0.3, 0.4) is 0 Å². The highest BCUT2D eigenvalue weighted by molar-refractivity contribution is 7.14. The van der Waals surface area contributed by atoms with Crippen molar-refractivity contribution < 1.29 is 14.6 Å². The summed E-state index contributed by atoms with van der Waals surface area (Å²) in [6.07, 6.45) is 11.2. The van der Waals surface area contributed by atoms with E-state index in [9.17, 15) is 4.79 Å². The van der Waals surface area contributed by atoms with Gasteiger partial charge in [0, 0.05) is 41.9 Å². The lowest BCUT2D eigenvalue weighted by Crippen LogP contribution is -2.25. The number of hydrogen-bond acceptors (Lipinski definition) is 5. The second-order valence-corrected chi connectivity index (χ2v) is 8.53. The van der Waals surface area contributed by atoms with Gasteiger partial charge in [-0.05, 0) is 62.1 Å². The maximum Gasteiger partial charge on any atom is 0.160 e. The highest BCUT2D eigenvalue weighted by Crippen LogP contribution is 2.29. The largest absolute Gasteiger partial charge is 0.493 e. The van der Waals surface area contributed by atoms with Crippen LogP contribution in [0.25, 0.3) is 12.2 Å². The Morgan fingerprint density at radius 2 is 1.70 bits per heavy atom. The van der Waals surface area contributed by atoms with E-state index in [-0.39, 0.29) is 6.61 Å². The van der Waals surface area contributed by atoms with Crippen LogP contribution in [0.2, 0.25) is 0 Å². The van der Waals surface area contributed by atoms with Gasteiger partial charge < -0.3 is 14.7 Å². The number of ether oxygens (including phenoxy) is 1. The van der Waals surface area contributed by atoms with Crippen molar-refractivity contribution in [1.29, 1.82) is 0 Å². The quantitative estimate of drug-likeness (QED) is 0.267. The van der Waals surface area contributed by atoms with E-state index in [1.54, 1.807) is 0 Å². The van der Waals surface area contributed by atoms with Gasteiger partial charge in [0.1, 0.15) is 5.75 Å². The molecule has 0 bridgehead atoms. The van der Waals surface area contributed by atoms with E-state index in [0.29, 0.717) is 6.61 Å². The van der Waals surface area contributed by atoms with Gasteiger partial charge in [0.2, 0.25) is 0 Å². The first-order chi connectivity index (χ1) is 14.7. The first-order valence-corrected chi connectivity index (χ1v) is 11.9. The molecule has 164 valence electrons. The van der Waals surface area contributed by atoms with Gasteiger partial charge in [-0.2, -0.15) is 0 Å². The zero-order valence-corrected chi connectivity index (χ0v) is 19.1. The molecule has 0 amide bonds. The Kier molecular flexibility index (Phi) is 11.3. The maximum absolute atomic E-state index is 10.9. The smallest absolute Gasteiger partial charge is 0.160 e. The number of aldehydes is 1. The van der Waals surface area contributed by atoms with Crippen LogP contribution in [0.5, 0.6) is 5.75 Å². The first kappa shape index (κ1) is 24.2. The average Bonchev–Trinajstić information content (AvgIpc) is 3.24. The zero-order chi connectivity index (χ0) is 21.6. The van der Waals surface area contributed by atoms with Crippen LogP contribution in [0.4, 0.5) is 5.69 Å². The van der Waals surface area contributed by atoms with Gasteiger partial charge in [0.05, 0.1) is 11.5 Å². The van der Waals surface area contributed by atoms with Crippen molar-refractivity contribution in [1.82, 2.24) is 0 Å². The van der Waals surface area contributed by atoms with Crippen LogP contribution in [0, 0.1) is 0 Å². The molecule has 4 nitrogen and oxygen atoms in total. The molecule has 0 saturated carbocycles. The second-order valence-electron chi connectivity index (χ2n) is 7.39. The van der Waals surface area contributed by atoms with E-state index < -0.39 is 0 Å². The summed E-state index contributed by atoms with van der Waals surface area (Å²) in [5, 5.41) is 9.04. The predicted molar refractivity (Wildman–Crippen MR) is 129 cm³/mol. The summed E-state index contributed by atoms with van der Waals surface area (Å²) < 4.78 is 6.11. The maximum atomic E-state index is 10.9. The summed E-state index contributed by atoms with van der Waals surface area (Å²) in [5.41, 5.74) is 2.22. The van der Waals surface area contributed by atoms with Crippen LogP contribution in [-0.4, -0.2) is 37.7 Å². The molecule has 0 aliphatic carbocycles. The number of rotatable bonds is 15. The lowest BCUT2D eigenvalue weighted by molar-refractivity contribution is 0.112. The third-order valence-electron chi connectivity index (χ3n) is 4.93. The SMILES string of the molecule is CCCCN(CCCC)c1ccc(C=Cc2ccc(C=O)s2)c(OCCCCO)c1. The van der Waals surface area contributed by atoms with Crippen molar-refractivity contribution >= 4 is 35.5 Å². The number of thiophene rings is 1. The molecule has 1 heterocycles. The molecule has 0 fully saturated rings. The number of carbonyl (C=O) groups excluding carboxylic acids is 1. The van der Waals surface area contributed by atoms with Gasteiger partial charge in [-0.25, -0.2) is 0 Å². The molecular formula is C25H35NO3S. The fourth-order valence-corrected chi connectivity index (χ4v) is 3.87. The van der Waals surface area contributed by atoms with Gasteiger partial charge in [0.25, 0.3) is 0 Å². The minimum atomic E-state index is 0.190. The van der Waals surface area contributed by atoms with E-state index in [2.05, 4.69) is 36.9 Å². The molecule has 2 aromatic rings. The van der Waals surface area contributed by atoms with E-state index in [1.165, 1.54) is 42.7 Å². The fraction of sp³-hybridized carbons (Fsp3) is 0.480. The first-order valence-electron chi connectivity index (χ1n) is 11.1. The van der Waals surface area contributed by atoms with Gasteiger partial charge in [0.15, 0.2) is 6.29 Å². The number of benzene rings is 1. The van der Waals surface area contributed by atoms with Crippen LogP contribution < -0.4 is 9.64 Å². The molecule has 2 rings (SSSR count). The van der Waals surface area contributed by atoms with Gasteiger partial charge in [-0.15, -0.1) is 11.3 Å². The number of nitrogens with zero attached hydrogens (tertiary/aromatic N) is 1. The normalized spacial score (nSPS) is 11.2. The molecule has 0 saturated heterocycles. The Morgan fingerprint density at radius 3 is 2.33 bits per heavy atom. The molecule has 5 heteroatoms. The molecule has 0 unspecified atom stereocenters. The van der Waals surface area contributed by atoms with Crippen LogP contribution in [0.15, 0.2) is 30.3 Å². The van der Waals surface area contributed by atoms with Crippen molar-refractivity contribution in [3.05, 3.63) is 45.6 Å². The summed E-state index contributed by atoms with van der Waals surface area (Å²) in [6.45, 7) is 7.33. The summed E-state index contributed by atoms with van der Waals surface area (Å²) in [7, 11) is 0. The third kappa shape index (κ3) is 7.96. The van der Waals surface area contributed by atoms with Crippen molar-refractivity contribution in [3.63, 3.8) is 0 Å². The standard InChI is InChI=1S/C25H35NO3S/c1-3-5-15-26(16-6-4-2)22-11-9-21(25(19-22)29-18-8-7-17-27)10-12-23-13-14-24(20-28)30-23/h9-14,19-20,27H,3-8,15-18H2,1-2H3. The Balaban J connectivity index is 2.24. The second kappa shape index (κ2) is 14.0. The molecule has 0 aliphatic rings.